The van der Waals surface area contributed by atoms with Gasteiger partial charge in [0.25, 0.3) is 5.91 Å². The molecule has 2 rings (SSSR count). The van der Waals surface area contributed by atoms with Crippen LogP contribution < -0.4 is 10.6 Å². The van der Waals surface area contributed by atoms with Gasteiger partial charge in [0.2, 0.25) is 0 Å². The van der Waals surface area contributed by atoms with Crippen LogP contribution in [0.4, 0.5) is 11.4 Å². The van der Waals surface area contributed by atoms with Crippen LogP contribution in [0.25, 0.3) is 0 Å². The first-order valence-electron chi connectivity index (χ1n) is 5.78. The highest BCUT2D eigenvalue weighted by molar-refractivity contribution is 6.05. The van der Waals surface area contributed by atoms with E-state index in [0.29, 0.717) is 11.4 Å². The van der Waals surface area contributed by atoms with Gasteiger partial charge in [0.1, 0.15) is 5.69 Å². The first kappa shape index (κ1) is 12.2. The normalized spacial score (nSPS) is 10.4. The number of amides is 1. The highest BCUT2D eigenvalue weighted by Crippen LogP contribution is 2.21. The molecule has 0 unspecified atom stereocenters. The summed E-state index contributed by atoms with van der Waals surface area (Å²) in [5.41, 5.74) is 9.82. The van der Waals surface area contributed by atoms with Crippen molar-refractivity contribution in [2.24, 2.45) is 0 Å². The van der Waals surface area contributed by atoms with Gasteiger partial charge in [-0.15, -0.1) is 0 Å². The lowest BCUT2D eigenvalue weighted by molar-refractivity contribution is 0.0988. The topological polar surface area (TPSA) is 62.1 Å². The molecule has 0 aliphatic rings. The Kier molecular flexibility index (Phi) is 3.10. The molecule has 0 aliphatic heterocycles. The molecule has 0 radical (unpaired) electrons. The van der Waals surface area contributed by atoms with E-state index in [1.54, 1.807) is 24.2 Å². The molecule has 0 bridgehead atoms. The summed E-state index contributed by atoms with van der Waals surface area (Å²) in [4.78, 5) is 16.7. The van der Waals surface area contributed by atoms with Crippen molar-refractivity contribution >= 4 is 17.3 Å². The number of nitrogen functional groups attached to an aromatic ring is 1. The van der Waals surface area contributed by atoms with Gasteiger partial charge in [-0.1, -0.05) is 17.7 Å². The Labute approximate surface area is 106 Å². The van der Waals surface area contributed by atoms with Gasteiger partial charge in [-0.25, -0.2) is 0 Å². The molecule has 4 nitrogen and oxygen atoms in total. The number of H-pyrrole nitrogens is 1. The van der Waals surface area contributed by atoms with E-state index in [1.807, 2.05) is 26.0 Å². The summed E-state index contributed by atoms with van der Waals surface area (Å²) < 4.78 is 0. The van der Waals surface area contributed by atoms with Crippen LogP contribution in [-0.4, -0.2) is 17.9 Å². The monoisotopic (exact) mass is 243 g/mol. The van der Waals surface area contributed by atoms with E-state index in [1.165, 1.54) is 5.56 Å². The summed E-state index contributed by atoms with van der Waals surface area (Å²) in [5.74, 6) is -0.0985. The van der Waals surface area contributed by atoms with Crippen molar-refractivity contribution in [3.63, 3.8) is 0 Å². The van der Waals surface area contributed by atoms with Crippen LogP contribution in [0.2, 0.25) is 0 Å². The first-order valence-corrected chi connectivity index (χ1v) is 5.78. The van der Waals surface area contributed by atoms with E-state index in [0.717, 1.165) is 11.3 Å². The van der Waals surface area contributed by atoms with Gasteiger partial charge in [-0.3, -0.25) is 4.79 Å². The number of hydrogen-bond donors (Lipinski definition) is 2. The molecule has 3 N–H and O–H groups in total. The third-order valence-corrected chi connectivity index (χ3v) is 2.95. The van der Waals surface area contributed by atoms with Crippen LogP contribution in [0, 0.1) is 13.8 Å². The Morgan fingerprint density at radius 1 is 1.28 bits per heavy atom. The van der Waals surface area contributed by atoms with Gasteiger partial charge in [0, 0.05) is 24.6 Å². The van der Waals surface area contributed by atoms with E-state index in [9.17, 15) is 4.79 Å². The van der Waals surface area contributed by atoms with Crippen molar-refractivity contribution < 1.29 is 4.79 Å². The van der Waals surface area contributed by atoms with Crippen molar-refractivity contribution in [1.29, 1.82) is 0 Å². The quantitative estimate of drug-likeness (QED) is 0.851. The molecule has 0 fully saturated rings. The molecule has 4 heteroatoms. The highest BCUT2D eigenvalue weighted by Gasteiger charge is 2.16. The predicted molar refractivity (Wildman–Crippen MR) is 73.9 cm³/mol. The number of nitrogens with two attached hydrogens (primary N) is 1. The molecule has 18 heavy (non-hydrogen) atoms. The van der Waals surface area contributed by atoms with Crippen LogP contribution in [-0.2, 0) is 0 Å². The second-order valence-electron chi connectivity index (χ2n) is 4.50. The minimum absolute atomic E-state index is 0.0985. The molecule has 94 valence electrons. The summed E-state index contributed by atoms with van der Waals surface area (Å²) in [6.45, 7) is 4.03. The number of aromatic nitrogens is 1. The fraction of sp³-hybridized carbons (Fsp3) is 0.214. The molecule has 0 saturated carbocycles. The largest absolute Gasteiger partial charge is 0.397 e. The minimum Gasteiger partial charge on any atom is -0.397 e. The second-order valence-corrected chi connectivity index (χ2v) is 4.50. The third kappa shape index (κ3) is 2.22. The number of hydrogen-bond acceptors (Lipinski definition) is 2. The lowest BCUT2D eigenvalue weighted by Crippen LogP contribution is -2.27. The Morgan fingerprint density at radius 3 is 2.56 bits per heavy atom. The number of anilines is 2. The zero-order valence-corrected chi connectivity index (χ0v) is 10.8. The van der Waals surface area contributed by atoms with Crippen molar-refractivity contribution in [1.82, 2.24) is 4.98 Å². The fourth-order valence-corrected chi connectivity index (χ4v) is 2.01. The maximum absolute atomic E-state index is 12.2. The zero-order chi connectivity index (χ0) is 13.3. The van der Waals surface area contributed by atoms with Gasteiger partial charge in [-0.2, -0.15) is 0 Å². The number of aromatic amines is 1. The molecular weight excluding hydrogens is 226 g/mol. The van der Waals surface area contributed by atoms with E-state index >= 15 is 0 Å². The number of carbonyl (C=O) groups excluding carboxylic acids is 1. The lowest BCUT2D eigenvalue weighted by atomic mass is 10.1. The highest BCUT2D eigenvalue weighted by atomic mass is 16.2. The summed E-state index contributed by atoms with van der Waals surface area (Å²) in [6, 6.07) is 7.65. The molecule has 0 atom stereocenters. The maximum atomic E-state index is 12.2. The SMILES string of the molecule is Cc1ccc(N(C)C(=O)c2cc(N)c[nH]2)c(C)c1. The molecular formula is C14H17N3O. The van der Waals surface area contributed by atoms with E-state index in [2.05, 4.69) is 11.1 Å². The molecule has 0 saturated heterocycles. The Morgan fingerprint density at radius 2 is 2.00 bits per heavy atom. The summed E-state index contributed by atoms with van der Waals surface area (Å²) >= 11 is 0. The van der Waals surface area contributed by atoms with Crippen molar-refractivity contribution in [3.8, 4) is 0 Å². The third-order valence-electron chi connectivity index (χ3n) is 2.95. The Hall–Kier alpha value is -2.23. The summed E-state index contributed by atoms with van der Waals surface area (Å²) in [6.07, 6.45) is 1.61. The number of benzene rings is 1. The Bertz CT molecular complexity index is 586. The van der Waals surface area contributed by atoms with Crippen LogP contribution in [0.15, 0.2) is 30.5 Å². The number of rotatable bonds is 2. The predicted octanol–water partition coefficient (Wildman–Crippen LogP) is 2.49. The van der Waals surface area contributed by atoms with Gasteiger partial charge in [0.05, 0.1) is 0 Å². The second kappa shape index (κ2) is 4.56. The molecule has 2 aromatic rings. The van der Waals surface area contributed by atoms with E-state index < -0.39 is 0 Å². The Balaban J connectivity index is 2.31. The standard InChI is InChI=1S/C14H17N3O/c1-9-4-5-13(10(2)6-9)17(3)14(18)12-7-11(15)8-16-12/h4-8,16H,15H2,1-3H3. The van der Waals surface area contributed by atoms with Gasteiger partial charge < -0.3 is 15.6 Å². The number of nitrogens with zero attached hydrogens (tertiary/aromatic N) is 1. The van der Waals surface area contributed by atoms with Crippen LogP contribution in [0.3, 0.4) is 0 Å². The van der Waals surface area contributed by atoms with Gasteiger partial charge in [-0.05, 0) is 31.5 Å². The van der Waals surface area contributed by atoms with Crippen molar-refractivity contribution in [2.75, 3.05) is 17.7 Å². The average molecular weight is 243 g/mol. The fourth-order valence-electron chi connectivity index (χ4n) is 2.01. The van der Waals surface area contributed by atoms with Gasteiger partial charge >= 0.3 is 0 Å². The molecule has 1 amide bonds. The van der Waals surface area contributed by atoms with Crippen molar-refractivity contribution in [3.05, 3.63) is 47.3 Å². The molecule has 0 spiro atoms. The number of carbonyl (C=O) groups is 1. The van der Waals surface area contributed by atoms with Crippen LogP contribution >= 0.6 is 0 Å². The smallest absolute Gasteiger partial charge is 0.274 e. The molecule has 1 heterocycles. The van der Waals surface area contributed by atoms with Crippen LogP contribution in [0.5, 0.6) is 0 Å². The molecule has 1 aromatic carbocycles. The maximum Gasteiger partial charge on any atom is 0.274 e. The van der Waals surface area contributed by atoms with E-state index in [4.69, 9.17) is 5.73 Å². The minimum atomic E-state index is -0.0985. The number of nitrogens with one attached hydrogen (secondary N) is 1. The summed E-state index contributed by atoms with van der Waals surface area (Å²) in [7, 11) is 1.76. The lowest BCUT2D eigenvalue weighted by Gasteiger charge is -2.19. The molecule has 0 aliphatic carbocycles. The molecule has 1 aromatic heterocycles. The average Bonchev–Trinajstić information content (AvgIpc) is 2.74. The van der Waals surface area contributed by atoms with Crippen LogP contribution in [0.1, 0.15) is 21.6 Å². The summed E-state index contributed by atoms with van der Waals surface area (Å²) in [5, 5.41) is 0. The van der Waals surface area contributed by atoms with Crippen molar-refractivity contribution in [2.45, 2.75) is 13.8 Å². The number of aryl methyl sites for hydroxylation is 2. The zero-order valence-electron chi connectivity index (χ0n) is 10.8. The van der Waals surface area contributed by atoms with Gasteiger partial charge in [0.15, 0.2) is 0 Å². The van der Waals surface area contributed by atoms with E-state index in [-0.39, 0.29) is 5.91 Å². The first-order chi connectivity index (χ1) is 8.49.